The molecule has 1 N–H and O–H groups in total. The summed E-state index contributed by atoms with van der Waals surface area (Å²) in [5, 5.41) is 9.01. The normalized spacial score (nSPS) is 11.1. The molecule has 114 valence electrons. The zero-order chi connectivity index (χ0) is 15.2. The fourth-order valence-corrected chi connectivity index (χ4v) is 2.34. The predicted octanol–water partition coefficient (Wildman–Crippen LogP) is 3.25. The van der Waals surface area contributed by atoms with Crippen molar-refractivity contribution < 1.29 is 14.6 Å². The summed E-state index contributed by atoms with van der Waals surface area (Å²) in [4.78, 5) is 15.4. The molecule has 0 fully saturated rings. The van der Waals surface area contributed by atoms with Gasteiger partial charge in [0.05, 0.1) is 16.6 Å². The van der Waals surface area contributed by atoms with Gasteiger partial charge >= 0.3 is 5.97 Å². The number of fused-ring (bicyclic) bond motifs is 1. The first-order valence-electron chi connectivity index (χ1n) is 7.41. The van der Waals surface area contributed by atoms with Gasteiger partial charge in [-0.05, 0) is 38.0 Å². The van der Waals surface area contributed by atoms with E-state index in [0.717, 1.165) is 55.9 Å². The molecule has 5 nitrogen and oxygen atoms in total. The first-order valence-corrected chi connectivity index (χ1v) is 7.41. The van der Waals surface area contributed by atoms with Gasteiger partial charge in [-0.15, -0.1) is 0 Å². The molecule has 0 bridgehead atoms. The Kier molecular flexibility index (Phi) is 5.33. The average molecular weight is 290 g/mol. The maximum atomic E-state index is 11.0. The fourth-order valence-electron chi connectivity index (χ4n) is 2.34. The molecular formula is C16H22N2O3. The van der Waals surface area contributed by atoms with Gasteiger partial charge in [0.25, 0.3) is 0 Å². The second kappa shape index (κ2) is 7.22. The Balaban J connectivity index is 2.03. The van der Waals surface area contributed by atoms with Gasteiger partial charge in [0.1, 0.15) is 5.82 Å². The first-order chi connectivity index (χ1) is 10.1. The maximum Gasteiger partial charge on any atom is 0.335 e. The van der Waals surface area contributed by atoms with Crippen LogP contribution in [0.3, 0.4) is 0 Å². The fraction of sp³-hybridized carbons (Fsp3) is 0.500. The maximum absolute atomic E-state index is 11.0. The summed E-state index contributed by atoms with van der Waals surface area (Å²) in [5.41, 5.74) is 1.99. The van der Waals surface area contributed by atoms with Crippen molar-refractivity contribution in [3.8, 4) is 0 Å². The van der Waals surface area contributed by atoms with Crippen molar-refractivity contribution in [1.29, 1.82) is 0 Å². The summed E-state index contributed by atoms with van der Waals surface area (Å²) < 4.78 is 7.68. The third kappa shape index (κ3) is 3.82. The van der Waals surface area contributed by atoms with E-state index in [1.807, 2.05) is 13.0 Å². The van der Waals surface area contributed by atoms with Crippen molar-refractivity contribution in [2.75, 3.05) is 13.2 Å². The zero-order valence-electron chi connectivity index (χ0n) is 12.6. The number of aryl methyl sites for hydroxylation is 2. The number of aromatic nitrogens is 2. The molecule has 21 heavy (non-hydrogen) atoms. The Morgan fingerprint density at radius 1 is 1.33 bits per heavy atom. The number of carboxylic acid groups (broad SMARTS) is 1. The van der Waals surface area contributed by atoms with Crippen molar-refractivity contribution in [3.63, 3.8) is 0 Å². The van der Waals surface area contributed by atoms with Crippen molar-refractivity contribution in [2.45, 2.75) is 39.7 Å². The molecule has 2 aromatic rings. The molecule has 0 aliphatic rings. The molecule has 0 spiro atoms. The number of carboxylic acids is 1. The quantitative estimate of drug-likeness (QED) is 0.758. The molecule has 0 amide bonds. The lowest BCUT2D eigenvalue weighted by molar-refractivity contribution is 0.0697. The van der Waals surface area contributed by atoms with E-state index in [1.165, 1.54) is 0 Å². The van der Waals surface area contributed by atoms with E-state index in [0.29, 0.717) is 0 Å². The third-order valence-corrected chi connectivity index (χ3v) is 3.50. The molecular weight excluding hydrogens is 268 g/mol. The topological polar surface area (TPSA) is 64.4 Å². The van der Waals surface area contributed by atoms with Crippen LogP contribution in [-0.4, -0.2) is 33.8 Å². The van der Waals surface area contributed by atoms with Crippen LogP contribution in [0, 0.1) is 6.92 Å². The number of aromatic carboxylic acids is 1. The summed E-state index contributed by atoms with van der Waals surface area (Å²) in [6.45, 7) is 6.49. The van der Waals surface area contributed by atoms with Gasteiger partial charge in [0.2, 0.25) is 0 Å². The van der Waals surface area contributed by atoms with Crippen molar-refractivity contribution in [2.24, 2.45) is 0 Å². The highest BCUT2D eigenvalue weighted by Gasteiger charge is 2.10. The monoisotopic (exact) mass is 290 g/mol. The molecule has 0 saturated heterocycles. The molecule has 0 aliphatic heterocycles. The number of nitrogens with zero attached hydrogens (tertiary/aromatic N) is 2. The van der Waals surface area contributed by atoms with Gasteiger partial charge in [0.15, 0.2) is 0 Å². The van der Waals surface area contributed by atoms with E-state index in [1.54, 1.807) is 12.1 Å². The number of imidazole rings is 1. The number of hydrogen-bond donors (Lipinski definition) is 1. The van der Waals surface area contributed by atoms with Crippen LogP contribution in [0.15, 0.2) is 18.2 Å². The molecule has 0 atom stereocenters. The van der Waals surface area contributed by atoms with Crippen molar-refractivity contribution in [3.05, 3.63) is 29.6 Å². The zero-order valence-corrected chi connectivity index (χ0v) is 12.6. The van der Waals surface area contributed by atoms with Gasteiger partial charge in [-0.25, -0.2) is 9.78 Å². The van der Waals surface area contributed by atoms with Crippen LogP contribution >= 0.6 is 0 Å². The number of benzene rings is 1. The molecule has 0 aliphatic carbocycles. The SMILES string of the molecule is CCCCOCCCn1c(C)nc2cc(C(=O)O)ccc21. The van der Waals surface area contributed by atoms with Gasteiger partial charge in [-0.1, -0.05) is 13.3 Å². The summed E-state index contributed by atoms with van der Waals surface area (Å²) in [6, 6.07) is 5.08. The van der Waals surface area contributed by atoms with E-state index < -0.39 is 5.97 Å². The minimum atomic E-state index is -0.923. The van der Waals surface area contributed by atoms with Crippen LogP contribution in [0.1, 0.15) is 42.4 Å². The number of ether oxygens (including phenoxy) is 1. The largest absolute Gasteiger partial charge is 0.478 e. The van der Waals surface area contributed by atoms with Crippen LogP contribution < -0.4 is 0 Å². The van der Waals surface area contributed by atoms with Gasteiger partial charge in [-0.3, -0.25) is 0 Å². The Hall–Kier alpha value is -1.88. The Bertz CT molecular complexity index is 619. The molecule has 0 unspecified atom stereocenters. The lowest BCUT2D eigenvalue weighted by Gasteiger charge is -2.07. The summed E-state index contributed by atoms with van der Waals surface area (Å²) in [7, 11) is 0. The number of hydrogen-bond acceptors (Lipinski definition) is 3. The van der Waals surface area contributed by atoms with Crippen molar-refractivity contribution >= 4 is 17.0 Å². The molecule has 2 rings (SSSR count). The van der Waals surface area contributed by atoms with E-state index in [4.69, 9.17) is 9.84 Å². The van der Waals surface area contributed by atoms with Crippen LogP contribution in [-0.2, 0) is 11.3 Å². The molecule has 5 heteroatoms. The second-order valence-corrected chi connectivity index (χ2v) is 5.14. The van der Waals surface area contributed by atoms with Crippen LogP contribution in [0.5, 0.6) is 0 Å². The van der Waals surface area contributed by atoms with Crippen molar-refractivity contribution in [1.82, 2.24) is 9.55 Å². The van der Waals surface area contributed by atoms with Crippen LogP contribution in [0.4, 0.5) is 0 Å². The minimum absolute atomic E-state index is 0.273. The van der Waals surface area contributed by atoms with Crippen LogP contribution in [0.2, 0.25) is 0 Å². The Labute approximate surface area is 124 Å². The number of carbonyl (C=O) groups is 1. The lowest BCUT2D eigenvalue weighted by atomic mass is 10.2. The highest BCUT2D eigenvalue weighted by molar-refractivity contribution is 5.92. The molecule has 1 aromatic heterocycles. The summed E-state index contributed by atoms with van der Waals surface area (Å²) >= 11 is 0. The Morgan fingerprint density at radius 2 is 2.10 bits per heavy atom. The molecule has 1 heterocycles. The molecule has 0 radical (unpaired) electrons. The first kappa shape index (κ1) is 15.5. The predicted molar refractivity (Wildman–Crippen MR) is 81.8 cm³/mol. The van der Waals surface area contributed by atoms with E-state index in [2.05, 4.69) is 16.5 Å². The third-order valence-electron chi connectivity index (χ3n) is 3.50. The standard InChI is InChI=1S/C16H22N2O3/c1-3-4-9-21-10-5-8-18-12(2)17-14-11-13(16(19)20)6-7-15(14)18/h6-7,11H,3-5,8-10H2,1-2H3,(H,19,20). The summed E-state index contributed by atoms with van der Waals surface area (Å²) in [6.07, 6.45) is 3.18. The lowest BCUT2D eigenvalue weighted by Crippen LogP contribution is -2.05. The number of unbranched alkanes of at least 4 members (excludes halogenated alkanes) is 1. The molecule has 1 aromatic carbocycles. The highest BCUT2D eigenvalue weighted by Crippen LogP contribution is 2.18. The van der Waals surface area contributed by atoms with E-state index in [-0.39, 0.29) is 5.56 Å². The van der Waals surface area contributed by atoms with Gasteiger partial charge in [0, 0.05) is 19.8 Å². The van der Waals surface area contributed by atoms with Crippen LogP contribution in [0.25, 0.3) is 11.0 Å². The average Bonchev–Trinajstić information content (AvgIpc) is 2.77. The van der Waals surface area contributed by atoms with E-state index in [9.17, 15) is 4.79 Å². The smallest absolute Gasteiger partial charge is 0.335 e. The molecule has 0 saturated carbocycles. The highest BCUT2D eigenvalue weighted by atomic mass is 16.5. The van der Waals surface area contributed by atoms with Gasteiger partial charge in [-0.2, -0.15) is 0 Å². The second-order valence-electron chi connectivity index (χ2n) is 5.14. The van der Waals surface area contributed by atoms with Gasteiger partial charge < -0.3 is 14.4 Å². The summed E-state index contributed by atoms with van der Waals surface area (Å²) in [5.74, 6) is -0.0190. The minimum Gasteiger partial charge on any atom is -0.478 e. The Morgan fingerprint density at radius 3 is 2.81 bits per heavy atom. The number of rotatable bonds is 8. The van der Waals surface area contributed by atoms with E-state index >= 15 is 0 Å².